The van der Waals surface area contributed by atoms with Crippen LogP contribution in [0.1, 0.15) is 41.5 Å². The maximum Gasteiger partial charge on any atom is 0.273 e. The normalized spacial score (nSPS) is 16.4. The van der Waals surface area contributed by atoms with E-state index in [1.807, 2.05) is 35.2 Å². The van der Waals surface area contributed by atoms with Gasteiger partial charge in [-0.1, -0.05) is 56.3 Å². The van der Waals surface area contributed by atoms with Gasteiger partial charge in [-0.2, -0.15) is 5.10 Å². The fourth-order valence-corrected chi connectivity index (χ4v) is 3.59. The van der Waals surface area contributed by atoms with Crippen molar-refractivity contribution in [2.75, 3.05) is 6.54 Å². The van der Waals surface area contributed by atoms with Gasteiger partial charge in [-0.3, -0.25) is 9.89 Å². The first-order valence-corrected chi connectivity index (χ1v) is 8.76. The number of carbonyl (C=O) groups excluding carboxylic acids is 1. The van der Waals surface area contributed by atoms with Gasteiger partial charge in [-0.05, 0) is 23.6 Å². The highest BCUT2D eigenvalue weighted by Gasteiger charge is 2.42. The van der Waals surface area contributed by atoms with Crippen LogP contribution in [0.25, 0.3) is 11.3 Å². The summed E-state index contributed by atoms with van der Waals surface area (Å²) in [6, 6.07) is 15.9. The average molecular weight is 349 g/mol. The van der Waals surface area contributed by atoms with Gasteiger partial charge in [-0.15, -0.1) is 0 Å². The number of nitrogens with zero attached hydrogens (tertiary/aromatic N) is 2. The van der Waals surface area contributed by atoms with Crippen molar-refractivity contribution < 1.29 is 9.18 Å². The molecule has 1 aliphatic rings. The van der Waals surface area contributed by atoms with E-state index < -0.39 is 0 Å². The minimum atomic E-state index is -0.288. The number of nitrogens with one attached hydrogen (secondary N) is 1. The summed E-state index contributed by atoms with van der Waals surface area (Å²) < 4.78 is 13.4. The molecule has 0 fully saturated rings. The number of carbonyl (C=O) groups is 1. The number of fused-ring (bicyclic) bond motifs is 1. The molecule has 1 N–H and O–H groups in total. The fraction of sp³-hybridized carbons (Fsp3) is 0.238. The minimum absolute atomic E-state index is 0.0577. The van der Waals surface area contributed by atoms with E-state index >= 15 is 0 Å². The second-order valence-corrected chi connectivity index (χ2v) is 7.03. The largest absolute Gasteiger partial charge is 0.326 e. The zero-order valence-electron chi connectivity index (χ0n) is 14.7. The van der Waals surface area contributed by atoms with E-state index in [-0.39, 0.29) is 17.8 Å². The standard InChI is InChI=1S/C21H20FN3O/c1-13(2)12-25-20(15-8-10-16(22)11-9-15)17-18(14-6-4-3-5-7-14)23-24-19(17)21(25)26/h3-11,13,20H,12H2,1-2H3,(H,23,24). The number of halogens is 1. The SMILES string of the molecule is CC(C)CN1C(=O)c2[nH]nc(-c3ccccc3)c2C1c1ccc(F)cc1. The molecule has 1 unspecified atom stereocenters. The van der Waals surface area contributed by atoms with Crippen LogP contribution in [0.5, 0.6) is 0 Å². The summed E-state index contributed by atoms with van der Waals surface area (Å²) in [7, 11) is 0. The van der Waals surface area contributed by atoms with E-state index in [1.165, 1.54) is 12.1 Å². The van der Waals surface area contributed by atoms with Crippen LogP contribution in [-0.2, 0) is 0 Å². The molecule has 1 aliphatic heterocycles. The molecule has 3 aromatic rings. The maximum absolute atomic E-state index is 13.4. The highest BCUT2D eigenvalue weighted by molar-refractivity contribution is 6.00. The molecule has 26 heavy (non-hydrogen) atoms. The lowest BCUT2D eigenvalue weighted by Gasteiger charge is -2.28. The Kier molecular flexibility index (Phi) is 4.07. The van der Waals surface area contributed by atoms with Crippen LogP contribution in [0, 0.1) is 11.7 Å². The summed E-state index contributed by atoms with van der Waals surface area (Å²) in [5.74, 6) is -0.0269. The van der Waals surface area contributed by atoms with Crippen LogP contribution in [0.4, 0.5) is 4.39 Å². The minimum Gasteiger partial charge on any atom is -0.326 e. The van der Waals surface area contributed by atoms with Gasteiger partial charge in [0.1, 0.15) is 11.5 Å². The van der Waals surface area contributed by atoms with Crippen LogP contribution >= 0.6 is 0 Å². The number of hydrogen-bond acceptors (Lipinski definition) is 2. The highest BCUT2D eigenvalue weighted by atomic mass is 19.1. The molecule has 4 rings (SSSR count). The molecule has 0 spiro atoms. The predicted molar refractivity (Wildman–Crippen MR) is 98.1 cm³/mol. The first-order valence-electron chi connectivity index (χ1n) is 8.76. The zero-order valence-corrected chi connectivity index (χ0v) is 14.7. The van der Waals surface area contributed by atoms with E-state index in [2.05, 4.69) is 24.0 Å². The summed E-state index contributed by atoms with van der Waals surface area (Å²) in [5, 5.41) is 7.35. The van der Waals surface area contributed by atoms with Gasteiger partial charge in [0.15, 0.2) is 0 Å². The van der Waals surface area contributed by atoms with E-state index in [4.69, 9.17) is 0 Å². The number of aromatic nitrogens is 2. The highest BCUT2D eigenvalue weighted by Crippen LogP contribution is 2.42. The van der Waals surface area contributed by atoms with Crippen molar-refractivity contribution in [3.8, 4) is 11.3 Å². The van der Waals surface area contributed by atoms with Crippen molar-refractivity contribution in [1.29, 1.82) is 0 Å². The Morgan fingerprint density at radius 1 is 1.12 bits per heavy atom. The Bertz CT molecular complexity index is 932. The second kappa shape index (κ2) is 6.41. The monoisotopic (exact) mass is 349 g/mol. The van der Waals surface area contributed by atoms with Gasteiger partial charge >= 0.3 is 0 Å². The topological polar surface area (TPSA) is 49.0 Å². The first kappa shape index (κ1) is 16.5. The molecule has 1 atom stereocenters. The number of benzene rings is 2. The van der Waals surface area contributed by atoms with Crippen LogP contribution < -0.4 is 0 Å². The second-order valence-electron chi connectivity index (χ2n) is 7.03. The van der Waals surface area contributed by atoms with E-state index in [1.54, 1.807) is 12.1 Å². The van der Waals surface area contributed by atoms with Gasteiger partial charge in [-0.25, -0.2) is 4.39 Å². The molecule has 132 valence electrons. The number of hydrogen-bond donors (Lipinski definition) is 1. The molecule has 4 nitrogen and oxygen atoms in total. The van der Waals surface area contributed by atoms with Gasteiger partial charge < -0.3 is 4.90 Å². The first-order chi connectivity index (χ1) is 12.6. The van der Waals surface area contributed by atoms with Crippen LogP contribution in [0.3, 0.4) is 0 Å². The van der Waals surface area contributed by atoms with Crippen molar-refractivity contribution in [2.45, 2.75) is 19.9 Å². The maximum atomic E-state index is 13.4. The molecule has 0 bridgehead atoms. The Morgan fingerprint density at radius 2 is 1.81 bits per heavy atom. The summed E-state index contributed by atoms with van der Waals surface area (Å²) in [4.78, 5) is 14.9. The average Bonchev–Trinajstić information content (AvgIpc) is 3.17. The van der Waals surface area contributed by atoms with Crippen LogP contribution in [0.2, 0.25) is 0 Å². The number of rotatable bonds is 4. The smallest absolute Gasteiger partial charge is 0.273 e. The third kappa shape index (κ3) is 2.69. The van der Waals surface area contributed by atoms with Crippen molar-refractivity contribution in [3.63, 3.8) is 0 Å². The lowest BCUT2D eigenvalue weighted by Crippen LogP contribution is -2.32. The molecule has 1 amide bonds. The van der Waals surface area contributed by atoms with Gasteiger partial charge in [0, 0.05) is 17.7 Å². The van der Waals surface area contributed by atoms with E-state index in [0.29, 0.717) is 18.2 Å². The van der Waals surface area contributed by atoms with Crippen LogP contribution in [0.15, 0.2) is 54.6 Å². The van der Waals surface area contributed by atoms with Gasteiger partial charge in [0.2, 0.25) is 0 Å². The molecule has 0 saturated carbocycles. The Hall–Kier alpha value is -2.95. The molecular formula is C21H20FN3O. The third-order valence-electron chi connectivity index (χ3n) is 4.66. The van der Waals surface area contributed by atoms with Gasteiger partial charge in [0.25, 0.3) is 5.91 Å². The Morgan fingerprint density at radius 3 is 2.46 bits per heavy atom. The fourth-order valence-electron chi connectivity index (χ4n) is 3.59. The lowest BCUT2D eigenvalue weighted by molar-refractivity contribution is 0.0722. The van der Waals surface area contributed by atoms with Crippen molar-refractivity contribution in [2.24, 2.45) is 5.92 Å². The summed E-state index contributed by atoms with van der Waals surface area (Å²) in [5.41, 5.74) is 4.01. The molecular weight excluding hydrogens is 329 g/mol. The zero-order chi connectivity index (χ0) is 18.3. The van der Waals surface area contributed by atoms with Crippen molar-refractivity contribution >= 4 is 5.91 Å². The van der Waals surface area contributed by atoms with E-state index in [0.717, 1.165) is 22.4 Å². The summed E-state index contributed by atoms with van der Waals surface area (Å²) in [6.07, 6.45) is 0. The Balaban J connectivity index is 1.88. The third-order valence-corrected chi connectivity index (χ3v) is 4.66. The molecule has 2 aromatic carbocycles. The summed E-state index contributed by atoms with van der Waals surface area (Å²) in [6.45, 7) is 4.79. The Labute approximate surface area is 151 Å². The quantitative estimate of drug-likeness (QED) is 0.758. The van der Waals surface area contributed by atoms with E-state index in [9.17, 15) is 9.18 Å². The van der Waals surface area contributed by atoms with Crippen molar-refractivity contribution in [1.82, 2.24) is 15.1 Å². The predicted octanol–water partition coefficient (Wildman–Crippen LogP) is 4.42. The molecule has 0 aliphatic carbocycles. The lowest BCUT2D eigenvalue weighted by atomic mass is 9.96. The van der Waals surface area contributed by atoms with Crippen LogP contribution in [-0.4, -0.2) is 27.5 Å². The molecule has 0 radical (unpaired) electrons. The molecule has 2 heterocycles. The molecule has 5 heteroatoms. The number of H-pyrrole nitrogens is 1. The van der Waals surface area contributed by atoms with Gasteiger partial charge in [0.05, 0.1) is 11.7 Å². The summed E-state index contributed by atoms with van der Waals surface area (Å²) >= 11 is 0. The molecule has 0 saturated heterocycles. The molecule has 1 aromatic heterocycles. The van der Waals surface area contributed by atoms with Crippen molar-refractivity contribution in [3.05, 3.63) is 77.2 Å². The number of aromatic amines is 1. The number of amides is 1.